The predicted octanol–water partition coefficient (Wildman–Crippen LogP) is 7.67. The SMILES string of the molecule is O=C(O)CN1CCN(c2cccc(OCCCN(Cc3cccc(C(F)(F)F)c3Cl)CC(c3ccccc3)c3ccccc3)c2)CC1. The molecule has 0 unspecified atom stereocenters. The summed E-state index contributed by atoms with van der Waals surface area (Å²) in [6.07, 6.45) is -3.89. The standard InChI is InChI=1S/C37H39ClF3N3O3/c38-36-30(14-7-17-34(36)37(39,40)41)25-43(26-33(28-10-3-1-4-11-28)29-12-5-2-6-13-29)18-9-23-47-32-16-8-15-31(24-32)44-21-19-42(20-22-44)27-35(45)46/h1-8,10-17,24,33H,9,18-23,25-27H2,(H,45,46). The maximum absolute atomic E-state index is 13.7. The van der Waals surface area contributed by atoms with Gasteiger partial charge in [0.15, 0.2) is 0 Å². The number of aliphatic carboxylic acids is 1. The quantitative estimate of drug-likeness (QED) is 0.140. The van der Waals surface area contributed by atoms with Gasteiger partial charge in [0, 0.05) is 63.5 Å². The summed E-state index contributed by atoms with van der Waals surface area (Å²) in [5.41, 5.74) is 2.86. The number of carboxylic acids is 1. The van der Waals surface area contributed by atoms with Crippen LogP contribution in [-0.2, 0) is 17.5 Å². The molecule has 1 aliphatic heterocycles. The van der Waals surface area contributed by atoms with Crippen LogP contribution in [0.1, 0.15) is 34.6 Å². The minimum Gasteiger partial charge on any atom is -0.493 e. The van der Waals surface area contributed by atoms with Gasteiger partial charge in [-0.1, -0.05) is 90.5 Å². The highest BCUT2D eigenvalue weighted by molar-refractivity contribution is 6.32. The van der Waals surface area contributed by atoms with Gasteiger partial charge in [-0.2, -0.15) is 13.2 Å². The van der Waals surface area contributed by atoms with E-state index < -0.39 is 17.7 Å². The Balaban J connectivity index is 1.28. The molecule has 0 aliphatic carbocycles. The van der Waals surface area contributed by atoms with E-state index in [2.05, 4.69) is 34.1 Å². The Labute approximate surface area is 278 Å². The van der Waals surface area contributed by atoms with Gasteiger partial charge < -0.3 is 14.7 Å². The molecule has 1 fully saturated rings. The molecule has 4 aromatic rings. The lowest BCUT2D eigenvalue weighted by molar-refractivity contribution is -0.139. The van der Waals surface area contributed by atoms with Crippen LogP contribution in [0.2, 0.25) is 5.02 Å². The highest BCUT2D eigenvalue weighted by atomic mass is 35.5. The molecule has 1 N–H and O–H groups in total. The molecule has 0 saturated carbocycles. The van der Waals surface area contributed by atoms with Crippen LogP contribution in [0.4, 0.5) is 18.9 Å². The van der Waals surface area contributed by atoms with E-state index in [-0.39, 0.29) is 24.0 Å². The minimum absolute atomic E-state index is 0.00413. The first-order valence-corrected chi connectivity index (χ1v) is 16.1. The first kappa shape index (κ1) is 34.3. The Kier molecular flexibility index (Phi) is 11.8. The summed E-state index contributed by atoms with van der Waals surface area (Å²) in [6.45, 7) is 4.68. The Morgan fingerprint density at radius 2 is 1.51 bits per heavy atom. The van der Waals surface area contributed by atoms with E-state index >= 15 is 0 Å². The van der Waals surface area contributed by atoms with Crippen molar-refractivity contribution in [2.24, 2.45) is 0 Å². The Morgan fingerprint density at radius 1 is 0.872 bits per heavy atom. The lowest BCUT2D eigenvalue weighted by atomic mass is 9.90. The van der Waals surface area contributed by atoms with Crippen LogP contribution in [0.25, 0.3) is 0 Å². The number of alkyl halides is 3. The van der Waals surface area contributed by atoms with Gasteiger partial charge in [-0.3, -0.25) is 14.6 Å². The second-order valence-corrected chi connectivity index (χ2v) is 12.1. The molecule has 6 nitrogen and oxygen atoms in total. The molecule has 0 bridgehead atoms. The van der Waals surface area contributed by atoms with Gasteiger partial charge in [-0.05, 0) is 41.3 Å². The number of anilines is 1. The number of ether oxygens (including phenoxy) is 1. The summed E-state index contributed by atoms with van der Waals surface area (Å²) < 4.78 is 47.2. The molecule has 0 spiro atoms. The van der Waals surface area contributed by atoms with E-state index in [4.69, 9.17) is 21.4 Å². The van der Waals surface area contributed by atoms with E-state index in [0.717, 1.165) is 41.7 Å². The Hall–Kier alpha value is -4.05. The second kappa shape index (κ2) is 16.2. The number of benzene rings is 4. The molecule has 1 aliphatic rings. The summed E-state index contributed by atoms with van der Waals surface area (Å²) in [6, 6.07) is 32.2. The highest BCUT2D eigenvalue weighted by Crippen LogP contribution is 2.37. The molecule has 47 heavy (non-hydrogen) atoms. The van der Waals surface area contributed by atoms with Gasteiger partial charge in [-0.15, -0.1) is 0 Å². The zero-order valence-electron chi connectivity index (χ0n) is 26.1. The Morgan fingerprint density at radius 3 is 2.13 bits per heavy atom. The smallest absolute Gasteiger partial charge is 0.417 e. The molecule has 0 atom stereocenters. The minimum atomic E-state index is -4.54. The number of hydrogen-bond donors (Lipinski definition) is 1. The lowest BCUT2D eigenvalue weighted by Gasteiger charge is -2.35. The average molecular weight is 666 g/mol. The van der Waals surface area contributed by atoms with Crippen molar-refractivity contribution in [3.05, 3.63) is 130 Å². The Bertz CT molecular complexity index is 1540. The van der Waals surface area contributed by atoms with E-state index in [1.54, 1.807) is 6.07 Å². The van der Waals surface area contributed by atoms with Gasteiger partial charge in [-0.25, -0.2) is 0 Å². The number of carboxylic acid groups (broad SMARTS) is 1. The summed E-state index contributed by atoms with van der Waals surface area (Å²) in [5.74, 6) is -0.0917. The van der Waals surface area contributed by atoms with Crippen molar-refractivity contribution >= 4 is 23.3 Å². The fraction of sp³-hybridized carbons (Fsp3) is 0.324. The van der Waals surface area contributed by atoms with Crippen molar-refractivity contribution in [1.82, 2.24) is 9.80 Å². The number of halogens is 4. The van der Waals surface area contributed by atoms with Gasteiger partial charge in [0.2, 0.25) is 0 Å². The normalized spacial score (nSPS) is 14.1. The van der Waals surface area contributed by atoms with E-state index in [1.165, 1.54) is 6.07 Å². The van der Waals surface area contributed by atoms with Crippen LogP contribution >= 0.6 is 11.6 Å². The van der Waals surface area contributed by atoms with Crippen molar-refractivity contribution in [3.63, 3.8) is 0 Å². The van der Waals surface area contributed by atoms with E-state index in [9.17, 15) is 18.0 Å². The number of rotatable bonds is 14. The van der Waals surface area contributed by atoms with E-state index in [1.807, 2.05) is 65.6 Å². The van der Waals surface area contributed by atoms with Crippen LogP contribution in [0.5, 0.6) is 5.75 Å². The highest BCUT2D eigenvalue weighted by Gasteiger charge is 2.34. The van der Waals surface area contributed by atoms with Gasteiger partial charge in [0.05, 0.1) is 23.7 Å². The third-order valence-corrected chi connectivity index (χ3v) is 8.87. The molecular weight excluding hydrogens is 627 g/mol. The number of carbonyl (C=O) groups is 1. The average Bonchev–Trinajstić information content (AvgIpc) is 3.06. The molecule has 0 amide bonds. The van der Waals surface area contributed by atoms with Gasteiger partial charge in [0.1, 0.15) is 5.75 Å². The van der Waals surface area contributed by atoms with Crippen LogP contribution < -0.4 is 9.64 Å². The van der Waals surface area contributed by atoms with Gasteiger partial charge >= 0.3 is 12.1 Å². The molecule has 0 radical (unpaired) electrons. The topological polar surface area (TPSA) is 56.3 Å². The number of piperazine rings is 1. The van der Waals surface area contributed by atoms with Crippen molar-refractivity contribution < 1.29 is 27.8 Å². The third kappa shape index (κ3) is 9.73. The molecule has 1 saturated heterocycles. The van der Waals surface area contributed by atoms with Crippen LogP contribution in [0.15, 0.2) is 103 Å². The van der Waals surface area contributed by atoms with Crippen molar-refractivity contribution in [2.75, 3.05) is 57.3 Å². The van der Waals surface area contributed by atoms with Crippen molar-refractivity contribution in [3.8, 4) is 5.75 Å². The largest absolute Gasteiger partial charge is 0.493 e. The van der Waals surface area contributed by atoms with E-state index in [0.29, 0.717) is 44.8 Å². The molecule has 10 heteroatoms. The lowest BCUT2D eigenvalue weighted by Crippen LogP contribution is -2.47. The third-order valence-electron chi connectivity index (χ3n) is 8.42. The monoisotopic (exact) mass is 665 g/mol. The van der Waals surface area contributed by atoms with Crippen LogP contribution in [0, 0.1) is 0 Å². The van der Waals surface area contributed by atoms with Crippen LogP contribution in [-0.4, -0.2) is 73.3 Å². The zero-order valence-corrected chi connectivity index (χ0v) is 26.8. The maximum Gasteiger partial charge on any atom is 0.417 e. The first-order chi connectivity index (χ1) is 22.7. The van der Waals surface area contributed by atoms with Crippen LogP contribution in [0.3, 0.4) is 0 Å². The number of hydrogen-bond acceptors (Lipinski definition) is 5. The molecule has 0 aromatic heterocycles. The fourth-order valence-corrected chi connectivity index (χ4v) is 6.33. The predicted molar refractivity (Wildman–Crippen MR) is 179 cm³/mol. The zero-order chi connectivity index (χ0) is 33.2. The molecular formula is C37H39ClF3N3O3. The molecule has 5 rings (SSSR count). The van der Waals surface area contributed by atoms with Crippen molar-refractivity contribution in [2.45, 2.75) is 25.1 Å². The number of nitrogens with zero attached hydrogens (tertiary/aromatic N) is 3. The summed E-state index contributed by atoms with van der Waals surface area (Å²) in [7, 11) is 0. The summed E-state index contributed by atoms with van der Waals surface area (Å²) in [5, 5.41) is 8.81. The molecule has 4 aromatic carbocycles. The second-order valence-electron chi connectivity index (χ2n) is 11.7. The summed E-state index contributed by atoms with van der Waals surface area (Å²) >= 11 is 6.35. The summed E-state index contributed by atoms with van der Waals surface area (Å²) in [4.78, 5) is 17.4. The maximum atomic E-state index is 13.7. The molecule has 1 heterocycles. The fourth-order valence-electron chi connectivity index (χ4n) is 6.03. The van der Waals surface area contributed by atoms with Gasteiger partial charge in [0.25, 0.3) is 0 Å². The molecule has 248 valence electrons. The van der Waals surface area contributed by atoms with Crippen molar-refractivity contribution in [1.29, 1.82) is 0 Å². The first-order valence-electron chi connectivity index (χ1n) is 15.8.